The number of carbonyl (C=O) groups is 1. The van der Waals surface area contributed by atoms with Crippen LogP contribution in [-0.4, -0.2) is 52.8 Å². The van der Waals surface area contributed by atoms with Crippen molar-refractivity contribution in [3.8, 4) is 0 Å². The van der Waals surface area contributed by atoms with E-state index in [-0.39, 0.29) is 11.9 Å². The predicted octanol–water partition coefficient (Wildman–Crippen LogP) is -0.194. The topological polar surface area (TPSA) is 67.4 Å². The molecule has 0 radical (unpaired) electrons. The van der Waals surface area contributed by atoms with E-state index in [1.807, 2.05) is 31.3 Å². The molecular weight excluding hydrogens is 230 g/mol. The van der Waals surface area contributed by atoms with Gasteiger partial charge in [-0.2, -0.15) is 5.10 Å². The van der Waals surface area contributed by atoms with Crippen LogP contribution in [0.5, 0.6) is 0 Å². The third kappa shape index (κ3) is 2.64. The van der Waals surface area contributed by atoms with Crippen molar-refractivity contribution in [1.82, 2.24) is 14.7 Å². The molecule has 1 fully saturated rings. The van der Waals surface area contributed by atoms with Crippen LogP contribution in [0.25, 0.3) is 0 Å². The minimum Gasteiger partial charge on any atom is -0.365 e. The molecule has 2 rings (SSSR count). The van der Waals surface area contributed by atoms with E-state index in [0.717, 1.165) is 31.9 Å². The Bertz CT molecular complexity index is 408. The number of anilines is 1. The summed E-state index contributed by atoms with van der Waals surface area (Å²) in [5.41, 5.74) is 6.89. The Balaban J connectivity index is 1.90. The van der Waals surface area contributed by atoms with Gasteiger partial charge in [0.2, 0.25) is 5.91 Å². The average molecular weight is 251 g/mol. The molecule has 6 heteroatoms. The van der Waals surface area contributed by atoms with Gasteiger partial charge in [0.15, 0.2) is 0 Å². The summed E-state index contributed by atoms with van der Waals surface area (Å²) in [6.45, 7) is 5.10. The normalized spacial score (nSPS) is 17.9. The first-order valence-electron chi connectivity index (χ1n) is 6.39. The lowest BCUT2D eigenvalue weighted by atomic mass is 10.2. The van der Waals surface area contributed by atoms with Gasteiger partial charge in [0.05, 0.1) is 17.9 Å². The molecule has 0 spiro atoms. The van der Waals surface area contributed by atoms with Gasteiger partial charge in [0.1, 0.15) is 0 Å². The number of hydrogen-bond acceptors (Lipinski definition) is 4. The number of aromatic nitrogens is 2. The molecule has 2 N–H and O–H groups in total. The molecule has 1 aliphatic heterocycles. The zero-order chi connectivity index (χ0) is 13.1. The molecule has 0 aliphatic carbocycles. The predicted molar refractivity (Wildman–Crippen MR) is 70.3 cm³/mol. The minimum absolute atomic E-state index is 0.0725. The molecule has 2 heterocycles. The van der Waals surface area contributed by atoms with Gasteiger partial charge in [-0.05, 0) is 6.42 Å². The average Bonchev–Trinajstić information content (AvgIpc) is 2.84. The fourth-order valence-electron chi connectivity index (χ4n) is 2.17. The van der Waals surface area contributed by atoms with Crippen LogP contribution in [0.3, 0.4) is 0 Å². The smallest absolute Gasteiger partial charge is 0.239 e. The van der Waals surface area contributed by atoms with E-state index in [9.17, 15) is 4.79 Å². The van der Waals surface area contributed by atoms with E-state index in [0.29, 0.717) is 6.42 Å². The SMILES string of the molecule is CC[C@H](N)C(=O)N1CCN(c2cnn(C)c2)CC1. The highest BCUT2D eigenvalue weighted by Gasteiger charge is 2.24. The number of amides is 1. The zero-order valence-corrected chi connectivity index (χ0v) is 11.0. The molecule has 18 heavy (non-hydrogen) atoms. The van der Waals surface area contributed by atoms with Crippen LogP contribution in [-0.2, 0) is 11.8 Å². The maximum absolute atomic E-state index is 11.9. The molecule has 1 atom stereocenters. The molecule has 0 saturated carbocycles. The Morgan fingerprint density at radius 2 is 2.11 bits per heavy atom. The first-order valence-corrected chi connectivity index (χ1v) is 6.39. The van der Waals surface area contributed by atoms with E-state index in [1.165, 1.54) is 0 Å². The summed E-state index contributed by atoms with van der Waals surface area (Å²) in [7, 11) is 1.91. The Hall–Kier alpha value is -1.56. The van der Waals surface area contributed by atoms with Crippen LogP contribution in [0.1, 0.15) is 13.3 Å². The van der Waals surface area contributed by atoms with Crippen LogP contribution in [0.2, 0.25) is 0 Å². The van der Waals surface area contributed by atoms with Gasteiger partial charge in [0.25, 0.3) is 0 Å². The Kier molecular flexibility index (Phi) is 3.86. The molecule has 1 aromatic rings. The molecule has 100 valence electrons. The summed E-state index contributed by atoms with van der Waals surface area (Å²) >= 11 is 0. The van der Waals surface area contributed by atoms with Gasteiger partial charge in [0, 0.05) is 39.4 Å². The number of carbonyl (C=O) groups excluding carboxylic acids is 1. The van der Waals surface area contributed by atoms with Crippen molar-refractivity contribution in [2.45, 2.75) is 19.4 Å². The maximum Gasteiger partial charge on any atom is 0.239 e. The first-order chi connectivity index (χ1) is 8.61. The van der Waals surface area contributed by atoms with Crippen molar-refractivity contribution in [2.24, 2.45) is 12.8 Å². The summed E-state index contributed by atoms with van der Waals surface area (Å²) in [6, 6.07) is -0.352. The Morgan fingerprint density at radius 1 is 1.44 bits per heavy atom. The summed E-state index contributed by atoms with van der Waals surface area (Å²) in [6.07, 6.45) is 4.55. The van der Waals surface area contributed by atoms with E-state index < -0.39 is 0 Å². The van der Waals surface area contributed by atoms with Gasteiger partial charge in [-0.1, -0.05) is 6.92 Å². The number of hydrogen-bond donors (Lipinski definition) is 1. The fourth-order valence-corrected chi connectivity index (χ4v) is 2.17. The number of rotatable bonds is 3. The maximum atomic E-state index is 11.9. The summed E-state index contributed by atoms with van der Waals surface area (Å²) in [5, 5.41) is 4.16. The van der Waals surface area contributed by atoms with Crippen LogP contribution < -0.4 is 10.6 Å². The van der Waals surface area contributed by atoms with Gasteiger partial charge >= 0.3 is 0 Å². The number of piperazine rings is 1. The van der Waals surface area contributed by atoms with Crippen molar-refractivity contribution in [3.63, 3.8) is 0 Å². The molecular formula is C12H21N5O. The lowest BCUT2D eigenvalue weighted by molar-refractivity contribution is -0.132. The summed E-state index contributed by atoms with van der Waals surface area (Å²) < 4.78 is 1.79. The monoisotopic (exact) mass is 251 g/mol. The van der Waals surface area contributed by atoms with E-state index in [4.69, 9.17) is 5.73 Å². The highest BCUT2D eigenvalue weighted by atomic mass is 16.2. The molecule has 0 unspecified atom stereocenters. The largest absolute Gasteiger partial charge is 0.365 e. The summed E-state index contributed by atoms with van der Waals surface area (Å²) in [4.78, 5) is 16.0. The Labute approximate surface area is 107 Å². The lowest BCUT2D eigenvalue weighted by Crippen LogP contribution is -2.53. The number of nitrogens with two attached hydrogens (primary N) is 1. The molecule has 1 amide bonds. The van der Waals surface area contributed by atoms with Crippen molar-refractivity contribution in [2.75, 3.05) is 31.1 Å². The van der Waals surface area contributed by atoms with Crippen LogP contribution >= 0.6 is 0 Å². The molecule has 1 aromatic heterocycles. The van der Waals surface area contributed by atoms with Crippen LogP contribution in [0.15, 0.2) is 12.4 Å². The second-order valence-electron chi connectivity index (χ2n) is 4.70. The van der Waals surface area contributed by atoms with Gasteiger partial charge < -0.3 is 15.5 Å². The van der Waals surface area contributed by atoms with Crippen molar-refractivity contribution >= 4 is 11.6 Å². The summed E-state index contributed by atoms with van der Waals surface area (Å²) in [5.74, 6) is 0.0725. The van der Waals surface area contributed by atoms with Crippen LogP contribution in [0, 0.1) is 0 Å². The molecule has 0 aromatic carbocycles. The molecule has 0 bridgehead atoms. The van der Waals surface area contributed by atoms with Crippen LogP contribution in [0.4, 0.5) is 5.69 Å². The van der Waals surface area contributed by atoms with Crippen molar-refractivity contribution < 1.29 is 4.79 Å². The quantitative estimate of drug-likeness (QED) is 0.808. The number of nitrogens with zero attached hydrogens (tertiary/aromatic N) is 4. The second kappa shape index (κ2) is 5.39. The third-order valence-corrected chi connectivity index (χ3v) is 3.40. The van der Waals surface area contributed by atoms with E-state index in [2.05, 4.69) is 10.00 Å². The fraction of sp³-hybridized carbons (Fsp3) is 0.667. The third-order valence-electron chi connectivity index (χ3n) is 3.40. The van der Waals surface area contributed by atoms with E-state index >= 15 is 0 Å². The van der Waals surface area contributed by atoms with E-state index in [1.54, 1.807) is 4.68 Å². The van der Waals surface area contributed by atoms with Gasteiger partial charge in [-0.25, -0.2) is 0 Å². The standard InChI is InChI=1S/C12H21N5O/c1-3-11(13)12(18)17-6-4-16(5-7-17)10-8-14-15(2)9-10/h8-9,11H,3-7,13H2,1-2H3/t11-/m0/s1. The van der Waals surface area contributed by atoms with Crippen molar-refractivity contribution in [1.29, 1.82) is 0 Å². The molecule has 6 nitrogen and oxygen atoms in total. The van der Waals surface area contributed by atoms with Gasteiger partial charge in [-0.3, -0.25) is 9.48 Å². The zero-order valence-electron chi connectivity index (χ0n) is 11.0. The highest BCUT2D eigenvalue weighted by Crippen LogP contribution is 2.15. The highest BCUT2D eigenvalue weighted by molar-refractivity contribution is 5.81. The molecule has 1 aliphatic rings. The Morgan fingerprint density at radius 3 is 2.61 bits per heavy atom. The van der Waals surface area contributed by atoms with Crippen molar-refractivity contribution in [3.05, 3.63) is 12.4 Å². The molecule has 1 saturated heterocycles. The second-order valence-corrected chi connectivity index (χ2v) is 4.70. The first kappa shape index (κ1) is 12.9. The minimum atomic E-state index is -0.352. The van der Waals surface area contributed by atoms with Gasteiger partial charge in [-0.15, -0.1) is 0 Å². The lowest BCUT2D eigenvalue weighted by Gasteiger charge is -2.36. The number of aryl methyl sites for hydroxylation is 1.